The zero-order chi connectivity index (χ0) is 24.1. The van der Waals surface area contributed by atoms with Gasteiger partial charge in [0.05, 0.1) is 37.0 Å². The maximum Gasteiger partial charge on any atom is 0.230 e. The van der Waals surface area contributed by atoms with Crippen molar-refractivity contribution < 1.29 is 23.0 Å². The molecule has 34 heavy (non-hydrogen) atoms. The number of aromatic amines is 1. The van der Waals surface area contributed by atoms with E-state index >= 15 is 0 Å². The average Bonchev–Trinajstić information content (AvgIpc) is 3.26. The molecule has 1 amide bonds. The Labute approximate surface area is 194 Å². The molecule has 0 unspecified atom stereocenters. The number of pyridine rings is 1. The Kier molecular flexibility index (Phi) is 6.86. The largest absolute Gasteiger partial charge is 0.493 e. The van der Waals surface area contributed by atoms with E-state index in [0.29, 0.717) is 35.1 Å². The smallest absolute Gasteiger partial charge is 0.230 e. The van der Waals surface area contributed by atoms with E-state index in [4.69, 9.17) is 9.47 Å². The van der Waals surface area contributed by atoms with Crippen LogP contribution in [0.15, 0.2) is 48.7 Å². The number of hydrogen-bond donors (Lipinski definition) is 3. The van der Waals surface area contributed by atoms with Gasteiger partial charge in [-0.15, -0.1) is 0 Å². The number of carbonyl (C=O) groups excluding carboxylic acids is 1. The van der Waals surface area contributed by atoms with Crippen molar-refractivity contribution >= 4 is 34.0 Å². The van der Waals surface area contributed by atoms with Gasteiger partial charge in [-0.1, -0.05) is 13.0 Å². The molecule has 0 spiro atoms. The maximum absolute atomic E-state index is 13.8. The van der Waals surface area contributed by atoms with E-state index in [-0.39, 0.29) is 12.1 Å². The molecule has 0 atom stereocenters. The molecule has 2 aromatic heterocycles. The molecule has 8 nitrogen and oxygen atoms in total. The van der Waals surface area contributed by atoms with E-state index in [2.05, 4.69) is 25.8 Å². The number of aromatic nitrogens is 3. The monoisotopic (exact) mass is 467 g/mol. The maximum atomic E-state index is 13.8. The molecule has 4 rings (SSSR count). The lowest BCUT2D eigenvalue weighted by Crippen LogP contribution is -2.16. The van der Waals surface area contributed by atoms with Crippen LogP contribution in [0.25, 0.3) is 10.9 Å². The van der Waals surface area contributed by atoms with Crippen molar-refractivity contribution in [3.05, 3.63) is 66.0 Å². The topological polar surface area (TPSA) is 101 Å². The van der Waals surface area contributed by atoms with Crippen LogP contribution in [-0.2, 0) is 11.2 Å². The van der Waals surface area contributed by atoms with Crippen LogP contribution in [-0.4, -0.2) is 34.8 Å². The summed E-state index contributed by atoms with van der Waals surface area (Å²) in [6.07, 6.45) is 2.43. The molecule has 2 aromatic carbocycles. The van der Waals surface area contributed by atoms with Gasteiger partial charge in [0.15, 0.2) is 29.0 Å². The number of hydrogen-bond acceptors (Lipinski definition) is 6. The minimum atomic E-state index is -1.11. The summed E-state index contributed by atoms with van der Waals surface area (Å²) in [6.45, 7) is 2.59. The Hall–Kier alpha value is -4.21. The first kappa shape index (κ1) is 23.0. The predicted octanol–water partition coefficient (Wildman–Crippen LogP) is 4.96. The molecule has 0 radical (unpaired) electrons. The first-order valence-corrected chi connectivity index (χ1v) is 10.6. The highest BCUT2D eigenvalue weighted by Crippen LogP contribution is 2.35. The van der Waals surface area contributed by atoms with Crippen molar-refractivity contribution in [2.24, 2.45) is 0 Å². The molecule has 0 aliphatic carbocycles. The summed E-state index contributed by atoms with van der Waals surface area (Å²) in [5.41, 5.74) is 1.71. The summed E-state index contributed by atoms with van der Waals surface area (Å²) < 4.78 is 38.3. The number of anilines is 3. The molecule has 4 aromatic rings. The van der Waals surface area contributed by atoms with Gasteiger partial charge in [-0.3, -0.25) is 14.9 Å². The highest BCUT2D eigenvalue weighted by molar-refractivity contribution is 5.95. The average molecular weight is 467 g/mol. The van der Waals surface area contributed by atoms with Gasteiger partial charge >= 0.3 is 0 Å². The molecule has 0 fully saturated rings. The third-order valence-corrected chi connectivity index (χ3v) is 4.96. The van der Waals surface area contributed by atoms with E-state index in [1.165, 1.54) is 12.1 Å². The van der Waals surface area contributed by atoms with Gasteiger partial charge in [-0.05, 0) is 30.7 Å². The molecule has 0 bridgehead atoms. The molecule has 0 aliphatic rings. The first-order valence-electron chi connectivity index (χ1n) is 10.6. The van der Waals surface area contributed by atoms with Crippen LogP contribution in [0.4, 0.5) is 26.0 Å². The van der Waals surface area contributed by atoms with E-state index in [0.717, 1.165) is 23.6 Å². The highest BCUT2D eigenvalue weighted by Gasteiger charge is 2.14. The minimum absolute atomic E-state index is 0.103. The number of rotatable bonds is 9. The number of halogens is 2. The molecule has 0 saturated heterocycles. The molecule has 0 aliphatic heterocycles. The van der Waals surface area contributed by atoms with Crippen LogP contribution in [0.3, 0.4) is 0 Å². The number of ether oxygens (including phenoxy) is 2. The summed E-state index contributed by atoms with van der Waals surface area (Å²) in [5.74, 6) is -0.983. The lowest BCUT2D eigenvalue weighted by Gasteiger charge is -2.13. The number of carbonyl (C=O) groups is 1. The number of methoxy groups -OCH3 is 1. The van der Waals surface area contributed by atoms with Crippen LogP contribution >= 0.6 is 0 Å². The Morgan fingerprint density at radius 2 is 1.97 bits per heavy atom. The van der Waals surface area contributed by atoms with E-state index in [1.807, 2.05) is 19.1 Å². The van der Waals surface area contributed by atoms with Crippen LogP contribution in [0.5, 0.6) is 11.5 Å². The second kappa shape index (κ2) is 10.2. The van der Waals surface area contributed by atoms with Crippen molar-refractivity contribution in [3.63, 3.8) is 0 Å². The van der Waals surface area contributed by atoms with Crippen LogP contribution < -0.4 is 20.1 Å². The summed E-state index contributed by atoms with van der Waals surface area (Å²) in [4.78, 5) is 16.7. The van der Waals surface area contributed by atoms with Gasteiger partial charge in [0, 0.05) is 29.4 Å². The minimum Gasteiger partial charge on any atom is -0.493 e. The van der Waals surface area contributed by atoms with Crippen LogP contribution in [0, 0.1) is 11.6 Å². The zero-order valence-corrected chi connectivity index (χ0v) is 18.6. The standard InChI is InChI=1S/C24H23F2N5O3/c1-3-9-34-21-13-19-15(12-20(21)33-2)17(7-8-27-19)28-22-10-14(30-31-22)11-23(32)29-18-6-4-5-16(25)24(18)26/h4-8,10,12-13H,3,9,11H2,1-2H3,(H,29,32)(H2,27,28,30,31). The zero-order valence-electron chi connectivity index (χ0n) is 18.6. The number of H-pyrrole nitrogens is 1. The molecular formula is C24H23F2N5O3. The lowest BCUT2D eigenvalue weighted by molar-refractivity contribution is -0.115. The Balaban J connectivity index is 1.49. The van der Waals surface area contributed by atoms with Gasteiger partial charge in [0.25, 0.3) is 0 Å². The molecule has 0 saturated carbocycles. The van der Waals surface area contributed by atoms with Crippen LogP contribution in [0.2, 0.25) is 0 Å². The van der Waals surface area contributed by atoms with Gasteiger partial charge in [-0.2, -0.15) is 5.10 Å². The predicted molar refractivity (Wildman–Crippen MR) is 125 cm³/mol. The van der Waals surface area contributed by atoms with E-state index in [9.17, 15) is 13.6 Å². The molecular weight excluding hydrogens is 444 g/mol. The molecule has 3 N–H and O–H groups in total. The van der Waals surface area contributed by atoms with Crippen molar-refractivity contribution in [2.75, 3.05) is 24.4 Å². The SMILES string of the molecule is CCCOc1cc2nccc(Nc3cc(CC(=O)Nc4cccc(F)c4F)[nH]n3)c2cc1OC. The number of nitrogens with one attached hydrogen (secondary N) is 3. The number of fused-ring (bicyclic) bond motifs is 1. The second-order valence-electron chi connectivity index (χ2n) is 7.46. The third-order valence-electron chi connectivity index (χ3n) is 4.96. The van der Waals surface area contributed by atoms with Crippen molar-refractivity contribution in [3.8, 4) is 11.5 Å². The van der Waals surface area contributed by atoms with Gasteiger partial charge in [0.1, 0.15) is 0 Å². The molecule has 2 heterocycles. The van der Waals surface area contributed by atoms with E-state index < -0.39 is 17.5 Å². The fourth-order valence-electron chi connectivity index (χ4n) is 3.37. The quantitative estimate of drug-likeness (QED) is 0.322. The Morgan fingerprint density at radius 1 is 1.12 bits per heavy atom. The van der Waals surface area contributed by atoms with Crippen molar-refractivity contribution in [1.82, 2.24) is 15.2 Å². The Bertz CT molecular complexity index is 1330. The number of benzene rings is 2. The number of nitrogens with zero attached hydrogens (tertiary/aromatic N) is 2. The van der Waals surface area contributed by atoms with Gasteiger partial charge in [-0.25, -0.2) is 8.78 Å². The molecule has 10 heteroatoms. The summed E-state index contributed by atoms with van der Waals surface area (Å²) in [5, 5.41) is 13.3. The summed E-state index contributed by atoms with van der Waals surface area (Å²) in [7, 11) is 1.57. The normalized spacial score (nSPS) is 10.8. The van der Waals surface area contributed by atoms with Gasteiger partial charge < -0.3 is 20.1 Å². The summed E-state index contributed by atoms with van der Waals surface area (Å²) >= 11 is 0. The van der Waals surface area contributed by atoms with Crippen molar-refractivity contribution in [1.29, 1.82) is 0 Å². The fraction of sp³-hybridized carbons (Fsp3) is 0.208. The summed E-state index contributed by atoms with van der Waals surface area (Å²) in [6, 6.07) is 10.7. The third kappa shape index (κ3) is 5.06. The lowest BCUT2D eigenvalue weighted by atomic mass is 10.1. The highest BCUT2D eigenvalue weighted by atomic mass is 19.2. The second-order valence-corrected chi connectivity index (χ2v) is 7.46. The first-order chi connectivity index (χ1) is 16.5. The van der Waals surface area contributed by atoms with Gasteiger partial charge in [0.2, 0.25) is 5.91 Å². The molecule has 176 valence electrons. The number of amides is 1. The van der Waals surface area contributed by atoms with E-state index in [1.54, 1.807) is 25.4 Å². The Morgan fingerprint density at radius 3 is 2.76 bits per heavy atom. The van der Waals surface area contributed by atoms with Crippen LogP contribution in [0.1, 0.15) is 19.0 Å². The fourth-order valence-corrected chi connectivity index (χ4v) is 3.37. The van der Waals surface area contributed by atoms with Crippen molar-refractivity contribution in [2.45, 2.75) is 19.8 Å².